The molecule has 1 aliphatic heterocycles. The topological polar surface area (TPSA) is 49.9 Å². The van der Waals surface area contributed by atoms with E-state index in [1.165, 1.54) is 32.7 Å². The summed E-state index contributed by atoms with van der Waals surface area (Å²) in [6, 6.07) is 70.5. The van der Waals surface area contributed by atoms with E-state index in [-0.39, 0.29) is 6.17 Å². The molecule has 9 aromatic carbocycles. The molecule has 0 saturated heterocycles. The lowest BCUT2D eigenvalue weighted by Gasteiger charge is -2.24. The quantitative estimate of drug-likeness (QED) is 0.173. The summed E-state index contributed by atoms with van der Waals surface area (Å²) >= 11 is 0. The van der Waals surface area contributed by atoms with E-state index in [9.17, 15) is 0 Å². The normalized spacial score (nSPS) is 14.1. The number of furan rings is 1. The molecule has 57 heavy (non-hydrogen) atoms. The van der Waals surface area contributed by atoms with Crippen molar-refractivity contribution in [1.82, 2.24) is 5.32 Å². The summed E-state index contributed by atoms with van der Waals surface area (Å²) in [4.78, 5) is 10.5. The molecule has 1 aliphatic rings. The zero-order valence-electron chi connectivity index (χ0n) is 30.9. The number of rotatable bonds is 6. The van der Waals surface area contributed by atoms with Crippen LogP contribution in [0.15, 0.2) is 215 Å². The van der Waals surface area contributed by atoms with Gasteiger partial charge in [-0.3, -0.25) is 0 Å². The van der Waals surface area contributed by atoms with E-state index < -0.39 is 0 Å². The van der Waals surface area contributed by atoms with Crippen LogP contribution in [0.2, 0.25) is 0 Å². The van der Waals surface area contributed by atoms with Gasteiger partial charge in [-0.15, -0.1) is 0 Å². The van der Waals surface area contributed by atoms with Gasteiger partial charge >= 0.3 is 0 Å². The lowest BCUT2D eigenvalue weighted by molar-refractivity contribution is 0.668. The summed E-state index contributed by atoms with van der Waals surface area (Å²) in [7, 11) is 0. The van der Waals surface area contributed by atoms with E-state index in [1.807, 2.05) is 12.1 Å². The summed E-state index contributed by atoms with van der Waals surface area (Å²) in [6.07, 6.45) is -0.358. The minimum atomic E-state index is -0.358. The number of benzene rings is 9. The highest BCUT2D eigenvalue weighted by Crippen LogP contribution is 2.39. The molecule has 2 heterocycles. The third-order valence-electron chi connectivity index (χ3n) is 11.2. The lowest BCUT2D eigenvalue weighted by atomic mass is 9.96. The first kappa shape index (κ1) is 32.8. The van der Waals surface area contributed by atoms with E-state index in [2.05, 4.69) is 193 Å². The third-order valence-corrected chi connectivity index (χ3v) is 11.2. The minimum Gasteiger partial charge on any atom is -0.455 e. The van der Waals surface area contributed by atoms with Gasteiger partial charge in [0.1, 0.15) is 23.2 Å². The van der Waals surface area contributed by atoms with Crippen molar-refractivity contribution in [2.75, 3.05) is 0 Å². The molecule has 0 fully saturated rings. The Morgan fingerprint density at radius 3 is 1.77 bits per heavy atom. The smallest absolute Gasteiger partial charge is 0.159 e. The van der Waals surface area contributed by atoms with Gasteiger partial charge in [-0.05, 0) is 67.1 Å². The van der Waals surface area contributed by atoms with Crippen LogP contribution in [0.1, 0.15) is 22.9 Å². The maximum Gasteiger partial charge on any atom is 0.159 e. The van der Waals surface area contributed by atoms with Crippen molar-refractivity contribution in [3.63, 3.8) is 0 Å². The van der Waals surface area contributed by atoms with Gasteiger partial charge in [-0.1, -0.05) is 188 Å². The van der Waals surface area contributed by atoms with Crippen LogP contribution in [0, 0.1) is 0 Å². The number of fused-ring (bicyclic) bond motifs is 6. The second-order valence-corrected chi connectivity index (χ2v) is 14.6. The number of nitrogens with zero attached hydrogens (tertiary/aromatic N) is 2. The average Bonchev–Trinajstić information content (AvgIpc) is 3.69. The van der Waals surface area contributed by atoms with Crippen LogP contribution in [0.5, 0.6) is 0 Å². The van der Waals surface area contributed by atoms with Gasteiger partial charge in [0.25, 0.3) is 0 Å². The Hall–Kier alpha value is -7.56. The highest BCUT2D eigenvalue weighted by Gasteiger charge is 2.25. The monoisotopic (exact) mass is 729 g/mol. The van der Waals surface area contributed by atoms with Gasteiger partial charge < -0.3 is 9.73 Å². The van der Waals surface area contributed by atoms with Crippen LogP contribution in [0.3, 0.4) is 0 Å². The first-order valence-electron chi connectivity index (χ1n) is 19.3. The van der Waals surface area contributed by atoms with Gasteiger partial charge in [0, 0.05) is 27.5 Å². The van der Waals surface area contributed by atoms with E-state index in [1.54, 1.807) is 0 Å². The molecule has 10 aromatic rings. The van der Waals surface area contributed by atoms with Crippen molar-refractivity contribution in [2.24, 2.45) is 9.98 Å². The number of para-hydroxylation sites is 1. The molecule has 268 valence electrons. The zero-order valence-corrected chi connectivity index (χ0v) is 30.9. The Morgan fingerprint density at radius 1 is 0.421 bits per heavy atom. The van der Waals surface area contributed by atoms with Crippen LogP contribution in [0.4, 0.5) is 0 Å². The molecule has 4 nitrogen and oxygen atoms in total. The fourth-order valence-corrected chi connectivity index (χ4v) is 8.27. The Labute approximate surface area is 330 Å². The van der Waals surface area contributed by atoms with Crippen LogP contribution in [-0.4, -0.2) is 11.7 Å². The Bertz CT molecular complexity index is 3180. The van der Waals surface area contributed by atoms with Gasteiger partial charge in [-0.25, -0.2) is 9.98 Å². The molecule has 1 atom stereocenters. The van der Waals surface area contributed by atoms with Crippen molar-refractivity contribution in [3.05, 3.63) is 217 Å². The fourth-order valence-electron chi connectivity index (χ4n) is 8.27. The molecule has 1 N–H and O–H groups in total. The molecule has 1 unspecified atom stereocenters. The average molecular weight is 730 g/mol. The molecule has 0 amide bonds. The maximum absolute atomic E-state index is 6.77. The summed E-state index contributed by atoms with van der Waals surface area (Å²) in [5.74, 6) is 1.43. The van der Waals surface area contributed by atoms with Crippen molar-refractivity contribution >= 4 is 55.2 Å². The summed E-state index contributed by atoms with van der Waals surface area (Å²) < 4.78 is 6.77. The van der Waals surface area contributed by atoms with Crippen LogP contribution in [-0.2, 0) is 0 Å². The maximum atomic E-state index is 6.77. The van der Waals surface area contributed by atoms with E-state index in [4.69, 9.17) is 14.4 Å². The Balaban J connectivity index is 1.02. The second kappa shape index (κ2) is 13.6. The summed E-state index contributed by atoms with van der Waals surface area (Å²) in [6.45, 7) is 0. The minimum absolute atomic E-state index is 0.358. The first-order chi connectivity index (χ1) is 28.2. The van der Waals surface area contributed by atoms with Gasteiger partial charge in [0.05, 0.1) is 0 Å². The number of hydrogen-bond donors (Lipinski definition) is 1. The predicted octanol–water partition coefficient (Wildman–Crippen LogP) is 13.4. The predicted molar refractivity (Wildman–Crippen MR) is 237 cm³/mol. The summed E-state index contributed by atoms with van der Waals surface area (Å²) in [5, 5.41) is 10.7. The highest BCUT2D eigenvalue weighted by atomic mass is 16.3. The number of nitrogens with one attached hydrogen (secondary N) is 1. The van der Waals surface area contributed by atoms with Crippen molar-refractivity contribution in [1.29, 1.82) is 0 Å². The lowest BCUT2D eigenvalue weighted by Crippen LogP contribution is -2.33. The fraction of sp³-hybridized carbons (Fsp3) is 0.0189. The SMILES string of the molecule is c1ccc(-c2ccc(C3=NC(c4ccc(-c5ccccc5)cc4)NC(c4cccc5oc6c(-c7ccc8c(ccc9ccccc98)c7)cccc6c45)=N3)cc2)cc1. The van der Waals surface area contributed by atoms with Gasteiger partial charge in [0.2, 0.25) is 0 Å². The van der Waals surface area contributed by atoms with Crippen molar-refractivity contribution in [2.45, 2.75) is 6.17 Å². The van der Waals surface area contributed by atoms with E-state index in [0.717, 1.165) is 66.7 Å². The Kier molecular flexibility index (Phi) is 7.85. The largest absolute Gasteiger partial charge is 0.455 e. The zero-order chi connectivity index (χ0) is 37.7. The number of aliphatic imine (C=N–C) groups is 2. The van der Waals surface area contributed by atoms with E-state index in [0.29, 0.717) is 5.84 Å². The van der Waals surface area contributed by atoms with Crippen molar-refractivity contribution in [3.8, 4) is 33.4 Å². The third kappa shape index (κ3) is 5.87. The van der Waals surface area contributed by atoms with E-state index >= 15 is 0 Å². The summed E-state index contributed by atoms with van der Waals surface area (Å²) in [5.41, 5.74) is 11.5. The Morgan fingerprint density at radius 2 is 1.00 bits per heavy atom. The van der Waals surface area contributed by atoms with Gasteiger partial charge in [-0.2, -0.15) is 0 Å². The molecule has 0 aliphatic carbocycles. The highest BCUT2D eigenvalue weighted by molar-refractivity contribution is 6.23. The number of amidine groups is 2. The van der Waals surface area contributed by atoms with Crippen molar-refractivity contribution < 1.29 is 4.42 Å². The molecule has 0 saturated carbocycles. The van der Waals surface area contributed by atoms with Gasteiger partial charge in [0.15, 0.2) is 5.84 Å². The molecule has 1 aromatic heterocycles. The molecule has 4 heteroatoms. The first-order valence-corrected chi connectivity index (χ1v) is 19.3. The van der Waals surface area contributed by atoms with Crippen LogP contribution < -0.4 is 5.32 Å². The molecule has 0 bridgehead atoms. The molecule has 0 radical (unpaired) electrons. The molecule has 11 rings (SSSR count). The van der Waals surface area contributed by atoms with Crippen LogP contribution >= 0.6 is 0 Å². The molecular formula is C53H35N3O. The molecular weight excluding hydrogens is 695 g/mol. The van der Waals surface area contributed by atoms with Crippen LogP contribution in [0.25, 0.3) is 76.9 Å². The standard InChI is InChI=1S/C53H35N3O/c1-3-11-34(12-4-1)36-21-26-39(27-22-36)51-54-52(40-28-23-37(24-29-40)35-13-5-2-6-14-35)56-53(55-51)47-19-10-20-48-49(47)46-18-9-17-45(50(46)57-48)42-31-32-44-41(33-42)30-25-38-15-7-8-16-43(38)44/h1-33,51H,(H,54,55,56). The molecule has 0 spiro atoms. The second-order valence-electron chi connectivity index (χ2n) is 14.6. The number of hydrogen-bond acceptors (Lipinski definition) is 4.